The van der Waals surface area contributed by atoms with Crippen molar-refractivity contribution in [1.29, 1.82) is 0 Å². The quantitative estimate of drug-likeness (QED) is 0.720. The predicted molar refractivity (Wildman–Crippen MR) is 68.7 cm³/mol. The number of nitrogens with zero attached hydrogens (tertiary/aromatic N) is 2. The number of nitrogens with one attached hydrogen (secondary N) is 1. The van der Waals surface area contributed by atoms with Gasteiger partial charge in [-0.2, -0.15) is 5.10 Å². The molecule has 0 bridgehead atoms. The van der Waals surface area contributed by atoms with Crippen molar-refractivity contribution in [3.8, 4) is 0 Å². The molecule has 0 spiro atoms. The Hall–Kier alpha value is -0.830. The van der Waals surface area contributed by atoms with Crippen LogP contribution >= 0.6 is 0 Å². The normalized spacial score (nSPS) is 11.0. The third kappa shape index (κ3) is 2.85. The summed E-state index contributed by atoms with van der Waals surface area (Å²) in [4.78, 5) is 0. The second kappa shape index (κ2) is 6.69. The lowest BCUT2D eigenvalue weighted by Gasteiger charge is -2.07. The van der Waals surface area contributed by atoms with Crippen LogP contribution in [0.1, 0.15) is 51.1 Å². The molecule has 1 rings (SSSR count). The molecule has 0 radical (unpaired) electrons. The molecule has 0 saturated carbocycles. The largest absolute Gasteiger partial charge is 0.313 e. The topological polar surface area (TPSA) is 29.9 Å². The van der Waals surface area contributed by atoms with Crippen LogP contribution in [-0.4, -0.2) is 16.3 Å². The summed E-state index contributed by atoms with van der Waals surface area (Å²) in [7, 11) is 0. The van der Waals surface area contributed by atoms with Gasteiger partial charge in [-0.05, 0) is 32.7 Å². The van der Waals surface area contributed by atoms with E-state index in [4.69, 9.17) is 0 Å². The molecule has 0 unspecified atom stereocenters. The number of rotatable bonds is 7. The second-order valence-corrected chi connectivity index (χ2v) is 4.07. The van der Waals surface area contributed by atoms with E-state index in [2.05, 4.69) is 42.8 Å². The van der Waals surface area contributed by atoms with Crippen LogP contribution < -0.4 is 5.32 Å². The minimum absolute atomic E-state index is 0.972. The summed E-state index contributed by atoms with van der Waals surface area (Å²) in [5, 5.41) is 8.16. The Morgan fingerprint density at radius 1 is 1.12 bits per heavy atom. The molecule has 0 saturated heterocycles. The summed E-state index contributed by atoms with van der Waals surface area (Å²) >= 11 is 0. The Morgan fingerprint density at radius 2 is 1.88 bits per heavy atom. The molecule has 1 aromatic heterocycles. The van der Waals surface area contributed by atoms with Crippen molar-refractivity contribution in [1.82, 2.24) is 15.1 Å². The lowest BCUT2D eigenvalue weighted by Crippen LogP contribution is -2.16. The molecular weight excluding hydrogens is 198 g/mol. The molecular formula is C13H25N3. The zero-order valence-electron chi connectivity index (χ0n) is 11.1. The van der Waals surface area contributed by atoms with Crippen LogP contribution in [0.5, 0.6) is 0 Å². The summed E-state index contributed by atoms with van der Waals surface area (Å²) in [6, 6.07) is 0. The summed E-state index contributed by atoms with van der Waals surface area (Å²) < 4.78 is 2.15. The van der Waals surface area contributed by atoms with Crippen LogP contribution in [0.4, 0.5) is 0 Å². The van der Waals surface area contributed by atoms with Gasteiger partial charge >= 0.3 is 0 Å². The Labute approximate surface area is 99.2 Å². The SMILES string of the molecule is CCCNCc1c(CC)nn(CC)c1CC. The van der Waals surface area contributed by atoms with Gasteiger partial charge in [0, 0.05) is 24.3 Å². The molecule has 1 N–H and O–H groups in total. The van der Waals surface area contributed by atoms with Crippen LogP contribution in [0, 0.1) is 0 Å². The third-order valence-electron chi connectivity index (χ3n) is 2.95. The number of aromatic nitrogens is 2. The average Bonchev–Trinajstić information content (AvgIpc) is 2.66. The Kier molecular flexibility index (Phi) is 5.53. The zero-order valence-corrected chi connectivity index (χ0v) is 11.1. The van der Waals surface area contributed by atoms with Crippen molar-refractivity contribution in [3.63, 3.8) is 0 Å². The average molecular weight is 223 g/mol. The Balaban J connectivity index is 2.88. The van der Waals surface area contributed by atoms with Crippen molar-refractivity contribution >= 4 is 0 Å². The summed E-state index contributed by atoms with van der Waals surface area (Å²) in [5.74, 6) is 0. The molecule has 3 nitrogen and oxygen atoms in total. The van der Waals surface area contributed by atoms with Gasteiger partial charge in [0.25, 0.3) is 0 Å². The van der Waals surface area contributed by atoms with Crippen molar-refractivity contribution < 1.29 is 0 Å². The van der Waals surface area contributed by atoms with E-state index in [0.717, 1.165) is 32.5 Å². The molecule has 1 aromatic rings. The summed E-state index contributed by atoms with van der Waals surface area (Å²) in [6.07, 6.45) is 3.29. The summed E-state index contributed by atoms with van der Waals surface area (Å²) in [5.41, 5.74) is 4.10. The van der Waals surface area contributed by atoms with Gasteiger partial charge in [-0.1, -0.05) is 20.8 Å². The molecule has 0 aliphatic heterocycles. The Bertz CT molecular complexity index is 315. The van der Waals surface area contributed by atoms with Gasteiger partial charge < -0.3 is 5.32 Å². The molecule has 92 valence electrons. The van der Waals surface area contributed by atoms with E-state index in [1.54, 1.807) is 0 Å². The van der Waals surface area contributed by atoms with E-state index >= 15 is 0 Å². The van der Waals surface area contributed by atoms with Crippen molar-refractivity contribution in [2.24, 2.45) is 0 Å². The van der Waals surface area contributed by atoms with Crippen molar-refractivity contribution in [3.05, 3.63) is 17.0 Å². The maximum atomic E-state index is 4.67. The lowest BCUT2D eigenvalue weighted by molar-refractivity contribution is 0.614. The van der Waals surface area contributed by atoms with E-state index < -0.39 is 0 Å². The molecule has 1 heterocycles. The van der Waals surface area contributed by atoms with E-state index in [1.165, 1.54) is 23.4 Å². The van der Waals surface area contributed by atoms with Crippen molar-refractivity contribution in [2.75, 3.05) is 6.54 Å². The molecule has 0 aliphatic carbocycles. The molecule has 3 heteroatoms. The van der Waals surface area contributed by atoms with Crippen LogP contribution in [0.2, 0.25) is 0 Å². The van der Waals surface area contributed by atoms with Gasteiger partial charge in [0.1, 0.15) is 0 Å². The fraction of sp³-hybridized carbons (Fsp3) is 0.769. The fourth-order valence-corrected chi connectivity index (χ4v) is 2.12. The van der Waals surface area contributed by atoms with Crippen LogP contribution in [-0.2, 0) is 25.9 Å². The first-order valence-corrected chi connectivity index (χ1v) is 6.56. The smallest absolute Gasteiger partial charge is 0.0669 e. The van der Waals surface area contributed by atoms with Gasteiger partial charge in [0.15, 0.2) is 0 Å². The van der Waals surface area contributed by atoms with Gasteiger partial charge in [-0.25, -0.2) is 0 Å². The standard InChI is InChI=1S/C13H25N3/c1-5-9-14-10-11-12(6-2)15-16(8-4)13(11)7-3/h14H,5-10H2,1-4H3. The highest BCUT2D eigenvalue weighted by molar-refractivity contribution is 5.26. The molecule has 0 aliphatic rings. The van der Waals surface area contributed by atoms with Gasteiger partial charge in [-0.3, -0.25) is 4.68 Å². The first-order chi connectivity index (χ1) is 7.78. The van der Waals surface area contributed by atoms with E-state index in [1.807, 2.05) is 0 Å². The highest BCUT2D eigenvalue weighted by Crippen LogP contribution is 2.16. The molecule has 0 fully saturated rings. The fourth-order valence-electron chi connectivity index (χ4n) is 2.12. The van der Waals surface area contributed by atoms with E-state index in [0.29, 0.717) is 0 Å². The monoisotopic (exact) mass is 223 g/mol. The van der Waals surface area contributed by atoms with Crippen LogP contribution in [0.15, 0.2) is 0 Å². The molecule has 0 atom stereocenters. The van der Waals surface area contributed by atoms with Crippen molar-refractivity contribution in [2.45, 2.75) is 60.0 Å². The van der Waals surface area contributed by atoms with E-state index in [-0.39, 0.29) is 0 Å². The third-order valence-corrected chi connectivity index (χ3v) is 2.95. The molecule has 16 heavy (non-hydrogen) atoms. The number of hydrogen-bond donors (Lipinski definition) is 1. The maximum Gasteiger partial charge on any atom is 0.0669 e. The lowest BCUT2D eigenvalue weighted by atomic mass is 10.1. The Morgan fingerprint density at radius 3 is 2.38 bits per heavy atom. The highest BCUT2D eigenvalue weighted by atomic mass is 15.3. The zero-order chi connectivity index (χ0) is 12.0. The first kappa shape index (κ1) is 13.2. The van der Waals surface area contributed by atoms with Gasteiger partial charge in [-0.15, -0.1) is 0 Å². The van der Waals surface area contributed by atoms with Crippen LogP contribution in [0.25, 0.3) is 0 Å². The van der Waals surface area contributed by atoms with Gasteiger partial charge in [0.2, 0.25) is 0 Å². The van der Waals surface area contributed by atoms with E-state index in [9.17, 15) is 0 Å². The minimum Gasteiger partial charge on any atom is -0.313 e. The number of hydrogen-bond acceptors (Lipinski definition) is 2. The minimum atomic E-state index is 0.972. The van der Waals surface area contributed by atoms with Gasteiger partial charge in [0.05, 0.1) is 5.69 Å². The molecule has 0 aromatic carbocycles. The first-order valence-electron chi connectivity index (χ1n) is 6.56. The molecule has 0 amide bonds. The number of aryl methyl sites for hydroxylation is 2. The van der Waals surface area contributed by atoms with Crippen LogP contribution in [0.3, 0.4) is 0 Å². The highest BCUT2D eigenvalue weighted by Gasteiger charge is 2.13. The second-order valence-electron chi connectivity index (χ2n) is 4.07. The maximum absolute atomic E-state index is 4.67. The predicted octanol–water partition coefficient (Wildman–Crippen LogP) is 2.53. The summed E-state index contributed by atoms with van der Waals surface area (Å²) in [6.45, 7) is 11.8.